The van der Waals surface area contributed by atoms with E-state index in [2.05, 4.69) is 0 Å². The van der Waals surface area contributed by atoms with E-state index in [0.29, 0.717) is 39.0 Å². The van der Waals surface area contributed by atoms with E-state index in [-0.39, 0.29) is 18.5 Å². The van der Waals surface area contributed by atoms with Crippen molar-refractivity contribution in [1.29, 1.82) is 0 Å². The Morgan fingerprint density at radius 2 is 1.95 bits per heavy atom. The molecule has 2 aliphatic heterocycles. The summed E-state index contributed by atoms with van der Waals surface area (Å²) in [5.41, 5.74) is 0. The standard InChI is InChI=1S/C13H21F2N3O3/c1-9-7-16(8-11(14)15)5-6-17(9)12(19)10-3-2-4-18(10)13(20)21/h9-11H,2-8H2,1H3,(H,20,21). The number of hydrogen-bond donors (Lipinski definition) is 1. The van der Waals surface area contributed by atoms with Gasteiger partial charge < -0.3 is 10.0 Å². The molecule has 0 aromatic rings. The van der Waals surface area contributed by atoms with Crippen LogP contribution in [-0.2, 0) is 4.79 Å². The fourth-order valence-electron chi connectivity index (χ4n) is 3.17. The highest BCUT2D eigenvalue weighted by molar-refractivity contribution is 5.86. The molecule has 21 heavy (non-hydrogen) atoms. The van der Waals surface area contributed by atoms with Crippen molar-refractivity contribution in [2.45, 2.75) is 38.3 Å². The first kappa shape index (κ1) is 15.9. The van der Waals surface area contributed by atoms with Crippen molar-refractivity contribution < 1.29 is 23.5 Å². The van der Waals surface area contributed by atoms with Gasteiger partial charge in [-0.1, -0.05) is 0 Å². The summed E-state index contributed by atoms with van der Waals surface area (Å²) in [5, 5.41) is 9.10. The number of amides is 2. The van der Waals surface area contributed by atoms with E-state index in [1.165, 1.54) is 4.90 Å². The monoisotopic (exact) mass is 305 g/mol. The Hall–Kier alpha value is -1.44. The molecule has 2 rings (SSSR count). The highest BCUT2D eigenvalue weighted by Crippen LogP contribution is 2.22. The van der Waals surface area contributed by atoms with Gasteiger partial charge >= 0.3 is 6.09 Å². The number of carboxylic acid groups (broad SMARTS) is 1. The van der Waals surface area contributed by atoms with Gasteiger partial charge in [0.15, 0.2) is 0 Å². The molecule has 0 aliphatic carbocycles. The summed E-state index contributed by atoms with van der Waals surface area (Å²) in [5.74, 6) is -0.195. The quantitative estimate of drug-likeness (QED) is 0.842. The maximum absolute atomic E-state index is 12.5. The summed E-state index contributed by atoms with van der Waals surface area (Å²) in [4.78, 5) is 28.1. The number of carbonyl (C=O) groups is 2. The molecule has 2 aliphatic rings. The molecular weight excluding hydrogens is 284 g/mol. The molecule has 1 N–H and O–H groups in total. The first-order valence-electron chi connectivity index (χ1n) is 7.20. The van der Waals surface area contributed by atoms with Gasteiger partial charge in [-0.3, -0.25) is 14.6 Å². The zero-order chi connectivity index (χ0) is 15.6. The highest BCUT2D eigenvalue weighted by atomic mass is 19.3. The molecule has 0 radical (unpaired) electrons. The van der Waals surface area contributed by atoms with Crippen molar-refractivity contribution in [2.75, 3.05) is 32.7 Å². The number of rotatable bonds is 3. The Labute approximate surface area is 122 Å². The van der Waals surface area contributed by atoms with Crippen LogP contribution in [-0.4, -0.2) is 83.0 Å². The molecule has 0 saturated carbocycles. The molecule has 2 heterocycles. The molecule has 0 bridgehead atoms. The van der Waals surface area contributed by atoms with E-state index >= 15 is 0 Å². The van der Waals surface area contributed by atoms with Gasteiger partial charge in [-0.05, 0) is 19.8 Å². The van der Waals surface area contributed by atoms with Gasteiger partial charge in [0.2, 0.25) is 5.91 Å². The number of alkyl halides is 2. The second-order valence-electron chi connectivity index (χ2n) is 5.67. The Bertz CT molecular complexity index is 408. The van der Waals surface area contributed by atoms with Crippen LogP contribution < -0.4 is 0 Å². The summed E-state index contributed by atoms with van der Waals surface area (Å²) in [7, 11) is 0. The molecule has 2 amide bonds. The Morgan fingerprint density at radius 1 is 1.24 bits per heavy atom. The van der Waals surface area contributed by atoms with Crippen LogP contribution in [0.1, 0.15) is 19.8 Å². The maximum Gasteiger partial charge on any atom is 0.407 e. The third kappa shape index (κ3) is 3.61. The number of likely N-dealkylation sites (tertiary alicyclic amines) is 1. The maximum atomic E-state index is 12.5. The molecular formula is C13H21F2N3O3. The molecule has 120 valence electrons. The van der Waals surface area contributed by atoms with E-state index in [1.54, 1.807) is 9.80 Å². The van der Waals surface area contributed by atoms with Crippen LogP contribution >= 0.6 is 0 Å². The van der Waals surface area contributed by atoms with Crippen molar-refractivity contribution in [3.8, 4) is 0 Å². The fourth-order valence-corrected chi connectivity index (χ4v) is 3.17. The van der Waals surface area contributed by atoms with Gasteiger partial charge in [-0.15, -0.1) is 0 Å². The summed E-state index contributed by atoms with van der Waals surface area (Å²) in [6.45, 7) is 3.09. The number of nitrogens with zero attached hydrogens (tertiary/aromatic N) is 3. The summed E-state index contributed by atoms with van der Waals surface area (Å²) in [6, 6.07) is -0.798. The van der Waals surface area contributed by atoms with Crippen molar-refractivity contribution in [3.63, 3.8) is 0 Å². The normalized spacial score (nSPS) is 27.4. The molecule has 2 saturated heterocycles. The van der Waals surface area contributed by atoms with E-state index in [0.717, 1.165) is 0 Å². The van der Waals surface area contributed by atoms with Gasteiger partial charge in [-0.25, -0.2) is 13.6 Å². The third-order valence-corrected chi connectivity index (χ3v) is 4.17. The van der Waals surface area contributed by atoms with Crippen molar-refractivity contribution in [1.82, 2.24) is 14.7 Å². The predicted octanol–water partition coefficient (Wildman–Crippen LogP) is 0.927. The van der Waals surface area contributed by atoms with Crippen LogP contribution in [0.25, 0.3) is 0 Å². The number of hydrogen-bond acceptors (Lipinski definition) is 3. The fraction of sp³-hybridized carbons (Fsp3) is 0.846. The predicted molar refractivity (Wildman–Crippen MR) is 71.4 cm³/mol. The molecule has 2 atom stereocenters. The van der Waals surface area contributed by atoms with Gasteiger partial charge in [0.1, 0.15) is 6.04 Å². The Kier molecular flexibility index (Phi) is 4.97. The lowest BCUT2D eigenvalue weighted by Crippen LogP contribution is -2.58. The van der Waals surface area contributed by atoms with Crippen molar-refractivity contribution in [2.24, 2.45) is 0 Å². The van der Waals surface area contributed by atoms with Gasteiger partial charge in [0, 0.05) is 32.2 Å². The highest BCUT2D eigenvalue weighted by Gasteiger charge is 2.39. The SMILES string of the molecule is CC1CN(CC(F)F)CCN1C(=O)C1CCCN1C(=O)O. The molecule has 6 nitrogen and oxygen atoms in total. The third-order valence-electron chi connectivity index (χ3n) is 4.17. The molecule has 8 heteroatoms. The number of piperazine rings is 1. The van der Waals surface area contributed by atoms with E-state index < -0.39 is 18.6 Å². The van der Waals surface area contributed by atoms with Crippen LogP contribution in [0, 0.1) is 0 Å². The van der Waals surface area contributed by atoms with Crippen LogP contribution in [0.2, 0.25) is 0 Å². The van der Waals surface area contributed by atoms with Gasteiger partial charge in [0.25, 0.3) is 6.43 Å². The first-order valence-corrected chi connectivity index (χ1v) is 7.20. The van der Waals surface area contributed by atoms with E-state index in [1.807, 2.05) is 6.92 Å². The van der Waals surface area contributed by atoms with Crippen molar-refractivity contribution in [3.05, 3.63) is 0 Å². The molecule has 0 spiro atoms. The number of halogens is 2. The largest absolute Gasteiger partial charge is 0.465 e. The minimum Gasteiger partial charge on any atom is -0.465 e. The van der Waals surface area contributed by atoms with Crippen LogP contribution in [0.15, 0.2) is 0 Å². The Morgan fingerprint density at radius 3 is 2.52 bits per heavy atom. The summed E-state index contributed by atoms with van der Waals surface area (Å²) >= 11 is 0. The minimum absolute atomic E-state index is 0.179. The lowest BCUT2D eigenvalue weighted by molar-refractivity contribution is -0.140. The molecule has 0 aromatic carbocycles. The summed E-state index contributed by atoms with van der Waals surface area (Å²) < 4.78 is 24.8. The van der Waals surface area contributed by atoms with Crippen LogP contribution in [0.3, 0.4) is 0 Å². The zero-order valence-electron chi connectivity index (χ0n) is 12.0. The van der Waals surface area contributed by atoms with Crippen LogP contribution in [0.5, 0.6) is 0 Å². The zero-order valence-corrected chi connectivity index (χ0v) is 12.0. The number of carbonyl (C=O) groups excluding carboxylic acids is 1. The second-order valence-corrected chi connectivity index (χ2v) is 5.67. The average Bonchev–Trinajstić information content (AvgIpc) is 2.86. The van der Waals surface area contributed by atoms with E-state index in [9.17, 15) is 18.4 Å². The lowest BCUT2D eigenvalue weighted by atomic mass is 10.1. The minimum atomic E-state index is -2.38. The second kappa shape index (κ2) is 6.55. The van der Waals surface area contributed by atoms with Gasteiger partial charge in [-0.2, -0.15) is 0 Å². The molecule has 2 fully saturated rings. The smallest absolute Gasteiger partial charge is 0.407 e. The van der Waals surface area contributed by atoms with E-state index in [4.69, 9.17) is 5.11 Å². The Balaban J connectivity index is 1.96. The van der Waals surface area contributed by atoms with Gasteiger partial charge in [0.05, 0.1) is 6.54 Å². The molecule has 2 unspecified atom stereocenters. The van der Waals surface area contributed by atoms with Crippen LogP contribution in [0.4, 0.5) is 13.6 Å². The average molecular weight is 305 g/mol. The molecule has 0 aromatic heterocycles. The topological polar surface area (TPSA) is 64.1 Å². The summed E-state index contributed by atoms with van der Waals surface area (Å²) in [6.07, 6.45) is -2.23. The lowest BCUT2D eigenvalue weighted by Gasteiger charge is -2.41. The van der Waals surface area contributed by atoms with Crippen molar-refractivity contribution >= 4 is 12.0 Å². The first-order chi connectivity index (χ1) is 9.90.